The summed E-state index contributed by atoms with van der Waals surface area (Å²) in [7, 11) is -1.68. The molecule has 0 heterocycles. The van der Waals surface area contributed by atoms with Gasteiger partial charge in [0.25, 0.3) is 5.91 Å². The summed E-state index contributed by atoms with van der Waals surface area (Å²) in [6.07, 6.45) is 0. The average molecular weight is 358 g/mol. The van der Waals surface area contributed by atoms with Gasteiger partial charge in [-0.3, -0.25) is 4.79 Å². The van der Waals surface area contributed by atoms with Crippen LogP contribution >= 0.6 is 0 Å². The third-order valence-electron chi connectivity index (χ3n) is 3.13. The molecule has 1 N–H and O–H groups in total. The molecule has 0 aliphatic carbocycles. The molecule has 2 aromatic carbocycles. The van der Waals surface area contributed by atoms with Crippen LogP contribution in [0.5, 0.6) is 0 Å². The molecule has 0 radical (unpaired) electrons. The van der Waals surface area contributed by atoms with Crippen molar-refractivity contribution in [3.05, 3.63) is 59.4 Å². The molecule has 2 aromatic rings. The number of benzene rings is 2. The number of amides is 1. The Labute approximate surface area is 136 Å². The summed E-state index contributed by atoms with van der Waals surface area (Å²) in [5, 5.41) is 2.11. The molecule has 0 spiro atoms. The molecule has 2 rings (SSSR count). The minimum absolute atomic E-state index is 0.222. The Morgan fingerprint density at radius 2 is 1.62 bits per heavy atom. The predicted octanol–water partition coefficient (Wildman–Crippen LogP) is 2.61. The van der Waals surface area contributed by atoms with E-state index in [4.69, 9.17) is 0 Å². The number of hydrogen-bond donors (Lipinski definition) is 1. The van der Waals surface area contributed by atoms with Crippen LogP contribution in [-0.4, -0.2) is 32.7 Å². The van der Waals surface area contributed by atoms with Crippen molar-refractivity contribution in [3.8, 4) is 0 Å². The van der Waals surface area contributed by atoms with Crippen LogP contribution in [0.25, 0.3) is 0 Å². The highest BCUT2D eigenvalue weighted by atomic mass is 32.2. The Hall–Kier alpha value is -2.39. The van der Waals surface area contributed by atoms with Crippen molar-refractivity contribution in [3.63, 3.8) is 0 Å². The maximum absolute atomic E-state index is 13.8. The zero-order chi connectivity index (χ0) is 18.1. The summed E-state index contributed by atoms with van der Waals surface area (Å²) in [4.78, 5) is 11.4. The van der Waals surface area contributed by atoms with Gasteiger partial charge in [-0.1, -0.05) is 0 Å². The molecule has 0 atom stereocenters. The predicted molar refractivity (Wildman–Crippen MR) is 81.6 cm³/mol. The van der Waals surface area contributed by atoms with Crippen LogP contribution in [0.2, 0.25) is 0 Å². The second-order valence-corrected chi connectivity index (χ2v) is 7.13. The topological polar surface area (TPSA) is 66.5 Å². The first kappa shape index (κ1) is 18.0. The van der Waals surface area contributed by atoms with Gasteiger partial charge in [0.05, 0.1) is 5.69 Å². The lowest BCUT2D eigenvalue weighted by Gasteiger charge is -2.13. The number of nitrogens with one attached hydrogen (secondary N) is 1. The van der Waals surface area contributed by atoms with Crippen molar-refractivity contribution in [1.82, 2.24) is 4.31 Å². The number of hydrogen-bond acceptors (Lipinski definition) is 3. The average Bonchev–Trinajstić information content (AvgIpc) is 2.50. The van der Waals surface area contributed by atoms with Gasteiger partial charge in [-0.05, 0) is 30.3 Å². The van der Waals surface area contributed by atoms with Gasteiger partial charge < -0.3 is 5.32 Å². The number of sulfonamides is 1. The second kappa shape index (κ2) is 6.62. The third kappa shape index (κ3) is 3.57. The molecule has 0 fully saturated rings. The lowest BCUT2D eigenvalue weighted by Crippen LogP contribution is -2.24. The van der Waals surface area contributed by atoms with Crippen LogP contribution in [-0.2, 0) is 10.0 Å². The molecule has 128 valence electrons. The molecule has 9 heteroatoms. The smallest absolute Gasteiger partial charge is 0.255 e. The Morgan fingerprint density at radius 3 is 2.25 bits per heavy atom. The van der Waals surface area contributed by atoms with Gasteiger partial charge in [0.15, 0.2) is 0 Å². The first-order valence-corrected chi connectivity index (χ1v) is 8.05. The minimum Gasteiger partial charge on any atom is -0.319 e. The van der Waals surface area contributed by atoms with Crippen molar-refractivity contribution < 1.29 is 26.4 Å². The maximum Gasteiger partial charge on any atom is 0.255 e. The highest BCUT2D eigenvalue weighted by molar-refractivity contribution is 7.89. The SMILES string of the molecule is CN(C)S(=O)(=O)c1cc(C(=O)Nc2cc(F)ccc2F)ccc1F. The van der Waals surface area contributed by atoms with E-state index in [2.05, 4.69) is 5.32 Å². The summed E-state index contributed by atoms with van der Waals surface area (Å²) in [6.45, 7) is 0. The molecular formula is C15H13F3N2O3S. The molecule has 0 unspecified atom stereocenters. The molecule has 0 aromatic heterocycles. The molecule has 5 nitrogen and oxygen atoms in total. The van der Waals surface area contributed by atoms with E-state index in [1.807, 2.05) is 0 Å². The number of anilines is 1. The number of rotatable bonds is 4. The number of nitrogens with zero attached hydrogens (tertiary/aromatic N) is 1. The Bertz CT molecular complexity index is 899. The van der Waals surface area contributed by atoms with Gasteiger partial charge in [-0.2, -0.15) is 0 Å². The van der Waals surface area contributed by atoms with Gasteiger partial charge >= 0.3 is 0 Å². The lowest BCUT2D eigenvalue weighted by atomic mass is 10.2. The first-order chi connectivity index (χ1) is 11.1. The van der Waals surface area contributed by atoms with E-state index in [0.29, 0.717) is 0 Å². The van der Waals surface area contributed by atoms with Crippen LogP contribution in [0.1, 0.15) is 10.4 Å². The summed E-state index contributed by atoms with van der Waals surface area (Å²) in [5.41, 5.74) is -0.637. The fourth-order valence-corrected chi connectivity index (χ4v) is 2.81. The summed E-state index contributed by atoms with van der Waals surface area (Å²) in [6, 6.07) is 5.16. The second-order valence-electron chi connectivity index (χ2n) is 5.01. The summed E-state index contributed by atoms with van der Waals surface area (Å²) >= 11 is 0. The van der Waals surface area contributed by atoms with Crippen molar-refractivity contribution in [1.29, 1.82) is 0 Å². The van der Waals surface area contributed by atoms with Crippen LogP contribution in [0.15, 0.2) is 41.3 Å². The molecule has 0 saturated heterocycles. The molecule has 0 aliphatic rings. The van der Waals surface area contributed by atoms with Crippen molar-refractivity contribution in [2.24, 2.45) is 0 Å². The van der Waals surface area contributed by atoms with Crippen LogP contribution in [0.3, 0.4) is 0 Å². The molecule has 0 saturated carbocycles. The van der Waals surface area contributed by atoms with Gasteiger partial charge in [0.1, 0.15) is 22.3 Å². The fraction of sp³-hybridized carbons (Fsp3) is 0.133. The van der Waals surface area contributed by atoms with Crippen LogP contribution in [0, 0.1) is 17.5 Å². The Kier molecular flexibility index (Phi) is 4.95. The summed E-state index contributed by atoms with van der Waals surface area (Å²) < 4.78 is 65.3. The van der Waals surface area contributed by atoms with E-state index in [1.54, 1.807) is 0 Å². The first-order valence-electron chi connectivity index (χ1n) is 6.61. The normalized spacial score (nSPS) is 11.6. The van der Waals surface area contributed by atoms with Crippen LogP contribution in [0.4, 0.5) is 18.9 Å². The van der Waals surface area contributed by atoms with E-state index in [-0.39, 0.29) is 5.56 Å². The monoisotopic (exact) mass is 358 g/mol. The summed E-state index contributed by atoms with van der Waals surface area (Å²) in [5.74, 6) is -3.57. The Balaban J connectivity index is 2.39. The number of carbonyl (C=O) groups excluding carboxylic acids is 1. The largest absolute Gasteiger partial charge is 0.319 e. The van der Waals surface area contributed by atoms with Crippen molar-refractivity contribution in [2.45, 2.75) is 4.90 Å². The zero-order valence-corrected chi connectivity index (χ0v) is 13.5. The fourth-order valence-electron chi connectivity index (χ4n) is 1.83. The zero-order valence-electron chi connectivity index (χ0n) is 12.7. The van der Waals surface area contributed by atoms with E-state index < -0.39 is 44.0 Å². The lowest BCUT2D eigenvalue weighted by molar-refractivity contribution is 0.102. The van der Waals surface area contributed by atoms with Gasteiger partial charge in [-0.25, -0.2) is 25.9 Å². The highest BCUT2D eigenvalue weighted by Crippen LogP contribution is 2.21. The van der Waals surface area contributed by atoms with E-state index in [9.17, 15) is 26.4 Å². The van der Waals surface area contributed by atoms with Crippen LogP contribution < -0.4 is 5.32 Å². The number of halogens is 3. The molecule has 0 aliphatic heterocycles. The van der Waals surface area contributed by atoms with E-state index in [0.717, 1.165) is 40.7 Å². The van der Waals surface area contributed by atoms with Crippen molar-refractivity contribution in [2.75, 3.05) is 19.4 Å². The standard InChI is InChI=1S/C15H13F3N2O3S/c1-20(2)24(22,23)14-7-9(3-5-12(14)18)15(21)19-13-8-10(16)4-6-11(13)17/h3-8H,1-2H3,(H,19,21). The number of carbonyl (C=O) groups is 1. The van der Waals surface area contributed by atoms with Crippen molar-refractivity contribution >= 4 is 21.6 Å². The maximum atomic E-state index is 13.8. The Morgan fingerprint density at radius 1 is 1.00 bits per heavy atom. The van der Waals surface area contributed by atoms with Gasteiger partial charge in [0.2, 0.25) is 10.0 Å². The molecule has 24 heavy (non-hydrogen) atoms. The van der Waals surface area contributed by atoms with Gasteiger partial charge in [-0.15, -0.1) is 0 Å². The molecular weight excluding hydrogens is 345 g/mol. The molecule has 1 amide bonds. The quantitative estimate of drug-likeness (QED) is 0.914. The molecule has 0 bridgehead atoms. The van der Waals surface area contributed by atoms with Gasteiger partial charge in [0, 0.05) is 25.7 Å². The minimum atomic E-state index is -4.11. The van der Waals surface area contributed by atoms with E-state index >= 15 is 0 Å². The highest BCUT2D eigenvalue weighted by Gasteiger charge is 2.23. The van der Waals surface area contributed by atoms with E-state index in [1.165, 1.54) is 14.1 Å². The third-order valence-corrected chi connectivity index (χ3v) is 4.96.